The maximum absolute atomic E-state index is 14.1. The Hall–Kier alpha value is -5.03. The topological polar surface area (TPSA) is 159 Å². The highest BCUT2D eigenvalue weighted by Crippen LogP contribution is 2.36. The number of ether oxygens (including phenoxy) is 1. The Kier molecular flexibility index (Phi) is 7.82. The van der Waals surface area contributed by atoms with Gasteiger partial charge in [0.2, 0.25) is 11.7 Å². The number of aromatic nitrogens is 4. The SMILES string of the molecule is Cc1cc(C(F)(F)F)ccc1NC(=O)[C@H]1CCc2c(N3CCN(C(=O)C4(O)C=CC=NN4)CC3)c(=O)n3nc(C4=CCOCC4)nc3n21. The van der Waals surface area contributed by atoms with Crippen molar-refractivity contribution in [1.82, 2.24) is 29.5 Å². The normalized spacial score (nSPS) is 22.4. The van der Waals surface area contributed by atoms with Crippen molar-refractivity contribution in [2.24, 2.45) is 5.10 Å². The number of benzene rings is 1. The second kappa shape index (κ2) is 11.9. The second-order valence-corrected chi connectivity index (χ2v) is 12.0. The smallest absolute Gasteiger partial charge is 0.377 e. The highest BCUT2D eigenvalue weighted by atomic mass is 19.4. The lowest BCUT2D eigenvalue weighted by Gasteiger charge is -2.39. The predicted molar refractivity (Wildman–Crippen MR) is 167 cm³/mol. The van der Waals surface area contributed by atoms with E-state index in [2.05, 4.69) is 20.9 Å². The highest BCUT2D eigenvalue weighted by molar-refractivity contribution is 5.95. The fourth-order valence-corrected chi connectivity index (χ4v) is 6.54. The Balaban J connectivity index is 1.23. The molecule has 14 nitrogen and oxygen atoms in total. The molecule has 0 spiro atoms. The third kappa shape index (κ3) is 5.51. The van der Waals surface area contributed by atoms with E-state index in [0.717, 1.165) is 17.7 Å². The number of nitrogens with zero attached hydrogens (tertiary/aromatic N) is 7. The highest BCUT2D eigenvalue weighted by Gasteiger charge is 2.41. The minimum absolute atomic E-state index is 0.176. The van der Waals surface area contributed by atoms with Gasteiger partial charge in [-0.15, -0.1) is 5.10 Å². The number of allylic oxidation sites excluding steroid dienone is 1. The summed E-state index contributed by atoms with van der Waals surface area (Å²) < 4.78 is 48.1. The van der Waals surface area contributed by atoms with Gasteiger partial charge in [-0.3, -0.25) is 24.4 Å². The molecule has 1 aromatic carbocycles. The molecule has 17 heteroatoms. The Morgan fingerprint density at radius 1 is 1.17 bits per heavy atom. The summed E-state index contributed by atoms with van der Waals surface area (Å²) >= 11 is 0. The molecule has 2 atom stereocenters. The van der Waals surface area contributed by atoms with Crippen LogP contribution < -0.4 is 21.2 Å². The van der Waals surface area contributed by atoms with Crippen LogP contribution in [-0.4, -0.2) is 92.3 Å². The Morgan fingerprint density at radius 3 is 2.62 bits per heavy atom. The molecule has 3 aromatic rings. The molecule has 1 fully saturated rings. The minimum Gasteiger partial charge on any atom is -0.377 e. The standard InChI is InChI=1S/C31H32F3N9O5/c1-18-17-20(31(32,33)34)3-4-21(18)36-26(44)23-6-5-22-24(40-11-13-41(14-12-40)28(46)30(47)9-2-10-35-39-30)27(45)43-29(42(22)23)37-25(38-43)19-7-15-48-16-8-19/h2-4,7,9-10,17,23,39,47H,5-6,8,11-16H2,1H3,(H,36,44)/t23-,30?/m1/s1. The van der Waals surface area contributed by atoms with Crippen LogP contribution in [0.15, 0.2) is 46.3 Å². The van der Waals surface area contributed by atoms with Gasteiger partial charge >= 0.3 is 6.18 Å². The van der Waals surface area contributed by atoms with E-state index in [0.29, 0.717) is 49.7 Å². The molecular weight excluding hydrogens is 635 g/mol. The first-order chi connectivity index (χ1) is 22.9. The van der Waals surface area contributed by atoms with Crippen LogP contribution in [0.3, 0.4) is 0 Å². The summed E-state index contributed by atoms with van der Waals surface area (Å²) in [5, 5.41) is 21.9. The molecule has 4 aliphatic heterocycles. The fourth-order valence-electron chi connectivity index (χ4n) is 6.54. The molecule has 3 N–H and O–H groups in total. The van der Waals surface area contributed by atoms with E-state index >= 15 is 0 Å². The van der Waals surface area contributed by atoms with Gasteiger partial charge in [0.25, 0.3) is 17.2 Å². The third-order valence-electron chi connectivity index (χ3n) is 9.04. The Morgan fingerprint density at radius 2 is 1.96 bits per heavy atom. The molecule has 1 unspecified atom stereocenters. The zero-order valence-corrected chi connectivity index (χ0v) is 25.8. The number of aliphatic hydroxyl groups is 1. The Bertz CT molecular complexity index is 1960. The van der Waals surface area contributed by atoms with E-state index in [1.807, 2.05) is 11.0 Å². The van der Waals surface area contributed by atoms with E-state index in [9.17, 15) is 32.7 Å². The minimum atomic E-state index is -4.52. The van der Waals surface area contributed by atoms with Crippen LogP contribution in [0.5, 0.6) is 0 Å². The van der Waals surface area contributed by atoms with Crippen molar-refractivity contribution in [3.63, 3.8) is 0 Å². The number of alkyl halides is 3. The molecule has 7 rings (SSSR count). The largest absolute Gasteiger partial charge is 0.416 e. The van der Waals surface area contributed by atoms with Crippen molar-refractivity contribution in [2.75, 3.05) is 49.6 Å². The molecule has 1 saturated heterocycles. The lowest BCUT2D eigenvalue weighted by molar-refractivity contribution is -0.149. The molecule has 48 heavy (non-hydrogen) atoms. The molecule has 6 heterocycles. The molecule has 0 saturated carbocycles. The van der Waals surface area contributed by atoms with Gasteiger partial charge in [-0.25, -0.2) is 0 Å². The monoisotopic (exact) mass is 667 g/mol. The number of anilines is 2. The number of rotatable bonds is 5. The van der Waals surface area contributed by atoms with Gasteiger partial charge < -0.3 is 25.0 Å². The van der Waals surface area contributed by atoms with E-state index in [1.165, 1.54) is 40.8 Å². The second-order valence-electron chi connectivity index (χ2n) is 12.0. The van der Waals surface area contributed by atoms with Crippen molar-refractivity contribution >= 4 is 40.8 Å². The number of carbonyl (C=O) groups is 2. The number of hydrogen-bond donors (Lipinski definition) is 3. The average molecular weight is 668 g/mol. The number of aryl methyl sites for hydroxylation is 1. The summed E-state index contributed by atoms with van der Waals surface area (Å²) in [7, 11) is 0. The molecule has 252 valence electrons. The van der Waals surface area contributed by atoms with Crippen LogP contribution in [0.4, 0.5) is 24.5 Å². The van der Waals surface area contributed by atoms with Crippen LogP contribution >= 0.6 is 0 Å². The number of halogens is 3. The van der Waals surface area contributed by atoms with E-state index in [1.54, 1.807) is 4.57 Å². The van der Waals surface area contributed by atoms with Gasteiger partial charge in [0.1, 0.15) is 11.7 Å². The summed E-state index contributed by atoms with van der Waals surface area (Å²) in [6.45, 7) is 3.24. The Labute approximate surface area is 271 Å². The number of hydrogen-bond acceptors (Lipinski definition) is 10. The number of amides is 2. The maximum Gasteiger partial charge on any atom is 0.416 e. The lowest BCUT2D eigenvalue weighted by Crippen LogP contribution is -2.60. The van der Waals surface area contributed by atoms with Crippen LogP contribution in [0, 0.1) is 6.92 Å². The van der Waals surface area contributed by atoms with E-state index < -0.39 is 40.9 Å². The summed E-state index contributed by atoms with van der Waals surface area (Å²) in [6.07, 6.45) is 2.71. The predicted octanol–water partition coefficient (Wildman–Crippen LogP) is 1.63. The fraction of sp³-hybridized carbons (Fsp3) is 0.419. The van der Waals surface area contributed by atoms with Gasteiger partial charge in [-0.1, -0.05) is 6.08 Å². The number of hydrazone groups is 1. The third-order valence-corrected chi connectivity index (χ3v) is 9.04. The molecule has 2 amide bonds. The molecule has 0 aliphatic carbocycles. The van der Waals surface area contributed by atoms with Crippen molar-refractivity contribution in [3.05, 3.63) is 69.4 Å². The zero-order chi connectivity index (χ0) is 33.8. The van der Waals surface area contributed by atoms with Gasteiger partial charge in [-0.2, -0.15) is 27.8 Å². The van der Waals surface area contributed by atoms with Crippen LogP contribution in [0.1, 0.15) is 41.5 Å². The van der Waals surface area contributed by atoms with Gasteiger partial charge in [-0.05, 0) is 67.7 Å². The first-order valence-electron chi connectivity index (χ1n) is 15.5. The first kappa shape index (κ1) is 31.6. The van der Waals surface area contributed by atoms with Crippen molar-refractivity contribution < 1.29 is 32.6 Å². The van der Waals surface area contributed by atoms with Gasteiger partial charge in [0.15, 0.2) is 5.82 Å². The molecular formula is C31H32F3N9O5. The molecule has 0 bridgehead atoms. The summed E-state index contributed by atoms with van der Waals surface area (Å²) in [4.78, 5) is 49.1. The quantitative estimate of drug-likeness (QED) is 0.368. The van der Waals surface area contributed by atoms with Crippen LogP contribution in [0.25, 0.3) is 11.4 Å². The number of carbonyl (C=O) groups excluding carboxylic acids is 2. The summed E-state index contributed by atoms with van der Waals surface area (Å²) in [6, 6.07) is 2.29. The summed E-state index contributed by atoms with van der Waals surface area (Å²) in [5.41, 5.74) is 1.41. The summed E-state index contributed by atoms with van der Waals surface area (Å²) in [5.74, 6) is -0.531. The van der Waals surface area contributed by atoms with E-state index in [4.69, 9.17) is 9.72 Å². The van der Waals surface area contributed by atoms with E-state index in [-0.39, 0.29) is 43.2 Å². The number of nitrogens with one attached hydrogen (secondary N) is 2. The average Bonchev–Trinajstić information content (AvgIpc) is 3.72. The lowest BCUT2D eigenvalue weighted by atomic mass is 10.1. The van der Waals surface area contributed by atoms with Crippen LogP contribution in [-0.2, 0) is 26.9 Å². The van der Waals surface area contributed by atoms with Crippen molar-refractivity contribution in [1.29, 1.82) is 0 Å². The molecule has 2 aromatic heterocycles. The molecule has 4 aliphatic rings. The van der Waals surface area contributed by atoms with Crippen molar-refractivity contribution in [2.45, 2.75) is 44.1 Å². The van der Waals surface area contributed by atoms with Crippen LogP contribution in [0.2, 0.25) is 0 Å². The van der Waals surface area contributed by atoms with Gasteiger partial charge in [0.05, 0.1) is 24.5 Å². The number of piperazine rings is 1. The number of fused-ring (bicyclic) bond motifs is 3. The zero-order valence-electron chi connectivity index (χ0n) is 25.8. The molecule has 0 radical (unpaired) electrons. The van der Waals surface area contributed by atoms with Crippen molar-refractivity contribution in [3.8, 4) is 0 Å². The van der Waals surface area contributed by atoms with Gasteiger partial charge in [0, 0.05) is 38.1 Å². The maximum atomic E-state index is 14.1. The first-order valence-corrected chi connectivity index (χ1v) is 15.5.